The third-order valence-corrected chi connectivity index (χ3v) is 3.79. The first-order valence-electron chi connectivity index (χ1n) is 5.59. The molecule has 1 fully saturated rings. The summed E-state index contributed by atoms with van der Waals surface area (Å²) in [6, 6.07) is 0. The summed E-state index contributed by atoms with van der Waals surface area (Å²) in [5.74, 6) is -0.357. The van der Waals surface area contributed by atoms with E-state index in [1.54, 1.807) is 11.6 Å². The van der Waals surface area contributed by atoms with E-state index >= 15 is 0 Å². The molecule has 7 heteroatoms. The van der Waals surface area contributed by atoms with Crippen LogP contribution in [-0.2, 0) is 0 Å². The fourth-order valence-corrected chi connectivity index (χ4v) is 2.74. The number of β-amino-alcohol motifs (C(OH)–C–C–N with tert-alkyl or cyclic N) is 1. The summed E-state index contributed by atoms with van der Waals surface area (Å²) in [7, 11) is 0. The van der Waals surface area contributed by atoms with E-state index in [9.17, 15) is 14.7 Å². The zero-order chi connectivity index (χ0) is 12.7. The summed E-state index contributed by atoms with van der Waals surface area (Å²) >= 11 is 1.34. The van der Waals surface area contributed by atoms with Crippen LogP contribution in [0.25, 0.3) is 4.96 Å². The fraction of sp³-hybridized carbons (Fsp3) is 0.364. The first-order chi connectivity index (χ1) is 8.66. The number of fused-ring (bicyclic) bond motifs is 1. The monoisotopic (exact) mass is 265 g/mol. The van der Waals surface area contributed by atoms with Gasteiger partial charge in [0.15, 0.2) is 4.96 Å². The Bertz CT molecular complexity index is 663. The number of carbonyl (C=O) groups is 1. The number of aromatic nitrogens is 2. The third kappa shape index (κ3) is 1.72. The fourth-order valence-electron chi connectivity index (χ4n) is 2.07. The lowest BCUT2D eigenvalue weighted by atomic mass is 10.3. The van der Waals surface area contributed by atoms with Crippen LogP contribution < -0.4 is 5.56 Å². The maximum absolute atomic E-state index is 12.1. The number of aliphatic hydroxyl groups excluding tert-OH is 1. The molecule has 1 aliphatic heterocycles. The minimum atomic E-state index is -0.491. The Balaban J connectivity index is 2.01. The summed E-state index contributed by atoms with van der Waals surface area (Å²) in [5.41, 5.74) is -0.298. The van der Waals surface area contributed by atoms with Crippen molar-refractivity contribution in [2.75, 3.05) is 13.1 Å². The number of aliphatic hydroxyl groups is 1. The van der Waals surface area contributed by atoms with Gasteiger partial charge in [-0.05, 0) is 6.42 Å². The molecule has 0 spiro atoms. The van der Waals surface area contributed by atoms with Crippen LogP contribution in [0.2, 0.25) is 0 Å². The average molecular weight is 265 g/mol. The zero-order valence-electron chi connectivity index (χ0n) is 9.44. The van der Waals surface area contributed by atoms with Crippen molar-refractivity contribution in [2.24, 2.45) is 0 Å². The van der Waals surface area contributed by atoms with Crippen LogP contribution in [0.3, 0.4) is 0 Å². The van der Waals surface area contributed by atoms with Crippen molar-refractivity contribution in [3.8, 4) is 0 Å². The van der Waals surface area contributed by atoms with Gasteiger partial charge in [-0.1, -0.05) is 0 Å². The van der Waals surface area contributed by atoms with Crippen LogP contribution in [0, 0.1) is 0 Å². The van der Waals surface area contributed by atoms with Gasteiger partial charge < -0.3 is 10.0 Å². The summed E-state index contributed by atoms with van der Waals surface area (Å²) in [6.07, 6.45) is 2.99. The molecule has 0 saturated carbocycles. The zero-order valence-corrected chi connectivity index (χ0v) is 10.3. The van der Waals surface area contributed by atoms with Crippen molar-refractivity contribution in [3.63, 3.8) is 0 Å². The van der Waals surface area contributed by atoms with Crippen LogP contribution in [-0.4, -0.2) is 44.5 Å². The average Bonchev–Trinajstić information content (AvgIpc) is 2.97. The molecule has 1 atom stereocenters. The van der Waals surface area contributed by atoms with Gasteiger partial charge in [-0.2, -0.15) is 0 Å². The van der Waals surface area contributed by atoms with Gasteiger partial charge in [-0.25, -0.2) is 4.98 Å². The number of nitrogens with zero attached hydrogens (tertiary/aromatic N) is 3. The van der Waals surface area contributed by atoms with Crippen molar-refractivity contribution in [1.29, 1.82) is 0 Å². The quantitative estimate of drug-likeness (QED) is 0.785. The standard InChI is InChI=1S/C11H11N3O3S/c15-7-1-2-13(6-7)9(16)8-5-12-11-14(10(8)17)3-4-18-11/h3-5,7,15H,1-2,6H2/t7-/m1/s1. The predicted molar refractivity (Wildman–Crippen MR) is 65.9 cm³/mol. The SMILES string of the molecule is O=C(c1cnc2sccn2c1=O)N1CC[C@@H](O)C1. The van der Waals surface area contributed by atoms with Gasteiger partial charge in [0.2, 0.25) is 0 Å². The molecular formula is C11H11N3O3S. The number of carbonyl (C=O) groups excluding carboxylic acids is 1. The molecule has 3 rings (SSSR count). The summed E-state index contributed by atoms with van der Waals surface area (Å²) in [5, 5.41) is 11.2. The lowest BCUT2D eigenvalue weighted by Crippen LogP contribution is -2.34. The van der Waals surface area contributed by atoms with Crippen LogP contribution in [0.15, 0.2) is 22.6 Å². The van der Waals surface area contributed by atoms with E-state index < -0.39 is 6.10 Å². The molecule has 18 heavy (non-hydrogen) atoms. The Morgan fingerprint density at radius 1 is 1.56 bits per heavy atom. The highest BCUT2D eigenvalue weighted by molar-refractivity contribution is 7.15. The van der Waals surface area contributed by atoms with Gasteiger partial charge >= 0.3 is 0 Å². The summed E-state index contributed by atoms with van der Waals surface area (Å²) < 4.78 is 1.37. The Morgan fingerprint density at radius 3 is 3.11 bits per heavy atom. The van der Waals surface area contributed by atoms with E-state index in [0.29, 0.717) is 17.9 Å². The van der Waals surface area contributed by atoms with E-state index in [1.807, 2.05) is 0 Å². The molecule has 1 saturated heterocycles. The summed E-state index contributed by atoms with van der Waals surface area (Å²) in [6.45, 7) is 0.760. The highest BCUT2D eigenvalue weighted by atomic mass is 32.1. The molecule has 94 valence electrons. The highest BCUT2D eigenvalue weighted by Crippen LogP contribution is 2.12. The van der Waals surface area contributed by atoms with Gasteiger partial charge in [-0.15, -0.1) is 11.3 Å². The molecule has 1 N–H and O–H groups in total. The van der Waals surface area contributed by atoms with Gasteiger partial charge in [0, 0.05) is 30.9 Å². The van der Waals surface area contributed by atoms with E-state index in [4.69, 9.17) is 0 Å². The molecule has 0 bridgehead atoms. The van der Waals surface area contributed by atoms with Crippen LogP contribution in [0.5, 0.6) is 0 Å². The Hall–Kier alpha value is -1.73. The van der Waals surface area contributed by atoms with Gasteiger partial charge in [0.1, 0.15) is 5.56 Å². The van der Waals surface area contributed by atoms with Crippen molar-refractivity contribution >= 4 is 22.2 Å². The second-order valence-corrected chi connectivity index (χ2v) is 5.10. The van der Waals surface area contributed by atoms with E-state index in [-0.39, 0.29) is 23.6 Å². The normalized spacial score (nSPS) is 19.6. The highest BCUT2D eigenvalue weighted by Gasteiger charge is 2.27. The van der Waals surface area contributed by atoms with Crippen LogP contribution in [0.4, 0.5) is 0 Å². The molecule has 2 aromatic heterocycles. The second-order valence-electron chi connectivity index (χ2n) is 4.23. The Kier molecular flexibility index (Phi) is 2.64. The molecule has 3 heterocycles. The van der Waals surface area contributed by atoms with Crippen molar-refractivity contribution in [2.45, 2.75) is 12.5 Å². The topological polar surface area (TPSA) is 74.9 Å². The number of amides is 1. The van der Waals surface area contributed by atoms with Crippen molar-refractivity contribution < 1.29 is 9.90 Å². The third-order valence-electron chi connectivity index (χ3n) is 3.02. The largest absolute Gasteiger partial charge is 0.391 e. The molecule has 0 aliphatic carbocycles. The lowest BCUT2D eigenvalue weighted by Gasteiger charge is -2.14. The number of hydrogen-bond acceptors (Lipinski definition) is 5. The molecule has 1 aliphatic rings. The Labute approximate surface area is 106 Å². The maximum atomic E-state index is 12.1. The minimum absolute atomic E-state index is 0.0556. The summed E-state index contributed by atoms with van der Waals surface area (Å²) in [4.78, 5) is 30.4. The van der Waals surface area contributed by atoms with Crippen LogP contribution in [0.1, 0.15) is 16.8 Å². The number of rotatable bonds is 1. The van der Waals surface area contributed by atoms with E-state index in [0.717, 1.165) is 0 Å². The first kappa shape index (κ1) is 11.4. The second kappa shape index (κ2) is 4.18. The Morgan fingerprint density at radius 2 is 2.39 bits per heavy atom. The van der Waals surface area contributed by atoms with Gasteiger partial charge in [0.25, 0.3) is 11.5 Å². The van der Waals surface area contributed by atoms with Gasteiger partial charge in [-0.3, -0.25) is 14.0 Å². The van der Waals surface area contributed by atoms with Crippen molar-refractivity contribution in [1.82, 2.24) is 14.3 Å². The van der Waals surface area contributed by atoms with E-state index in [1.165, 1.54) is 26.8 Å². The first-order valence-corrected chi connectivity index (χ1v) is 6.47. The molecular weight excluding hydrogens is 254 g/mol. The molecule has 0 unspecified atom stereocenters. The molecule has 0 radical (unpaired) electrons. The van der Waals surface area contributed by atoms with Crippen LogP contribution >= 0.6 is 11.3 Å². The molecule has 2 aromatic rings. The predicted octanol–water partition coefficient (Wildman–Crippen LogP) is -0.0372. The van der Waals surface area contributed by atoms with E-state index in [2.05, 4.69) is 4.98 Å². The van der Waals surface area contributed by atoms with Gasteiger partial charge in [0.05, 0.1) is 6.10 Å². The molecule has 6 nitrogen and oxygen atoms in total. The smallest absolute Gasteiger partial charge is 0.271 e. The lowest BCUT2D eigenvalue weighted by molar-refractivity contribution is 0.0762. The number of likely N-dealkylation sites (tertiary alicyclic amines) is 1. The molecule has 0 aromatic carbocycles. The van der Waals surface area contributed by atoms with Crippen molar-refractivity contribution in [3.05, 3.63) is 33.7 Å². The maximum Gasteiger partial charge on any atom is 0.271 e. The number of thiazole rings is 1. The molecule has 1 amide bonds. The number of hydrogen-bond donors (Lipinski definition) is 1. The minimum Gasteiger partial charge on any atom is -0.391 e.